The third-order valence-electron chi connectivity index (χ3n) is 7.18. The fourth-order valence-corrected chi connectivity index (χ4v) is 5.18. The van der Waals surface area contributed by atoms with E-state index in [0.29, 0.717) is 13.1 Å². The molecule has 1 atom stereocenters. The molecule has 1 aliphatic rings. The van der Waals surface area contributed by atoms with Crippen LogP contribution < -0.4 is 15.0 Å². The molecule has 3 heterocycles. The largest absolute Gasteiger partial charge is 0.497 e. The molecule has 0 radical (unpaired) electrons. The van der Waals surface area contributed by atoms with Crippen molar-refractivity contribution in [3.8, 4) is 11.4 Å². The summed E-state index contributed by atoms with van der Waals surface area (Å²) in [6, 6.07) is 18.2. The van der Waals surface area contributed by atoms with Gasteiger partial charge in [0, 0.05) is 19.6 Å². The number of hydrogen-bond donors (Lipinski definition) is 1. The Balaban J connectivity index is 1.31. The number of carbonyl (C=O) groups is 1. The molecule has 0 aliphatic carbocycles. The van der Waals surface area contributed by atoms with Crippen LogP contribution >= 0.6 is 0 Å². The second kappa shape index (κ2) is 11.0. The van der Waals surface area contributed by atoms with Crippen molar-refractivity contribution >= 4 is 22.6 Å². The second-order valence-electron chi connectivity index (χ2n) is 9.69. The summed E-state index contributed by atoms with van der Waals surface area (Å²) < 4.78 is 7.24. The Morgan fingerprint density at radius 1 is 1.08 bits per heavy atom. The summed E-state index contributed by atoms with van der Waals surface area (Å²) in [5.74, 6) is 1.59. The number of methoxy groups -OCH3 is 1. The molecule has 4 aromatic rings. The van der Waals surface area contributed by atoms with Crippen molar-refractivity contribution in [2.45, 2.75) is 39.5 Å². The van der Waals surface area contributed by atoms with Crippen molar-refractivity contribution in [1.82, 2.24) is 25.3 Å². The molecule has 8 heteroatoms. The average molecular weight is 499 g/mol. The maximum Gasteiger partial charge on any atom is 0.224 e. The van der Waals surface area contributed by atoms with Crippen molar-refractivity contribution in [3.05, 3.63) is 71.5 Å². The van der Waals surface area contributed by atoms with Crippen LogP contribution in [0.15, 0.2) is 54.6 Å². The van der Waals surface area contributed by atoms with Crippen LogP contribution in [0.4, 0.5) is 5.82 Å². The van der Waals surface area contributed by atoms with Gasteiger partial charge >= 0.3 is 0 Å². The molecule has 8 nitrogen and oxygen atoms in total. The van der Waals surface area contributed by atoms with E-state index in [2.05, 4.69) is 51.6 Å². The minimum absolute atomic E-state index is 0.0756. The van der Waals surface area contributed by atoms with Gasteiger partial charge in [0.25, 0.3) is 0 Å². The van der Waals surface area contributed by atoms with Gasteiger partial charge in [0.15, 0.2) is 5.82 Å². The van der Waals surface area contributed by atoms with Gasteiger partial charge in [0.2, 0.25) is 5.91 Å². The number of amides is 1. The number of fused-ring (bicyclic) bond motifs is 1. The molecule has 1 fully saturated rings. The molecule has 1 saturated heterocycles. The first-order valence-corrected chi connectivity index (χ1v) is 13.0. The van der Waals surface area contributed by atoms with Gasteiger partial charge in [-0.1, -0.05) is 30.3 Å². The van der Waals surface area contributed by atoms with Crippen LogP contribution in [0.3, 0.4) is 0 Å². The fourth-order valence-electron chi connectivity index (χ4n) is 5.18. The molecule has 2 aromatic carbocycles. The predicted octanol–water partition coefficient (Wildman–Crippen LogP) is 4.41. The number of aromatic nitrogens is 4. The molecule has 5 rings (SSSR count). The van der Waals surface area contributed by atoms with E-state index in [1.54, 1.807) is 7.11 Å². The number of nitrogens with one attached hydrogen (secondary N) is 1. The number of hydrogen-bond acceptors (Lipinski definition) is 6. The van der Waals surface area contributed by atoms with Crippen LogP contribution in [-0.4, -0.2) is 52.6 Å². The average Bonchev–Trinajstić information content (AvgIpc) is 3.29. The smallest absolute Gasteiger partial charge is 0.224 e. The van der Waals surface area contributed by atoms with Crippen LogP contribution in [0.25, 0.3) is 16.6 Å². The number of ether oxygens (including phenoxy) is 1. The molecule has 192 valence electrons. The van der Waals surface area contributed by atoms with E-state index in [-0.39, 0.29) is 11.8 Å². The van der Waals surface area contributed by atoms with E-state index in [1.807, 2.05) is 41.9 Å². The zero-order valence-electron chi connectivity index (χ0n) is 21.8. The normalized spacial score (nSPS) is 15.6. The Labute approximate surface area is 217 Å². The zero-order valence-corrected chi connectivity index (χ0v) is 21.8. The lowest BCUT2D eigenvalue weighted by Crippen LogP contribution is -2.43. The molecular formula is C29H34N6O2. The maximum absolute atomic E-state index is 13.0. The fraction of sp³-hybridized carbons (Fsp3) is 0.379. The number of benzene rings is 2. The van der Waals surface area contributed by atoms with Gasteiger partial charge in [0.05, 0.1) is 35.5 Å². The number of nitrogens with zero attached hydrogens (tertiary/aromatic N) is 5. The van der Waals surface area contributed by atoms with Crippen LogP contribution in [0, 0.1) is 19.8 Å². The van der Waals surface area contributed by atoms with E-state index in [1.165, 1.54) is 5.56 Å². The Bertz CT molecular complexity index is 1370. The van der Waals surface area contributed by atoms with Crippen LogP contribution in [0.5, 0.6) is 5.75 Å². The lowest BCUT2D eigenvalue weighted by Gasteiger charge is -2.32. The van der Waals surface area contributed by atoms with E-state index in [0.717, 1.165) is 71.8 Å². The molecule has 0 saturated carbocycles. The second-order valence-corrected chi connectivity index (χ2v) is 9.69. The first kappa shape index (κ1) is 24.7. The van der Waals surface area contributed by atoms with Gasteiger partial charge in [-0.2, -0.15) is 10.2 Å². The van der Waals surface area contributed by atoms with Crippen molar-refractivity contribution < 1.29 is 9.53 Å². The van der Waals surface area contributed by atoms with Crippen molar-refractivity contribution in [1.29, 1.82) is 0 Å². The Hall–Kier alpha value is -3.94. The van der Waals surface area contributed by atoms with E-state index >= 15 is 0 Å². The van der Waals surface area contributed by atoms with Gasteiger partial charge in [-0.25, -0.2) is 4.68 Å². The first-order chi connectivity index (χ1) is 18.0. The third-order valence-corrected chi connectivity index (χ3v) is 7.18. The molecule has 1 aliphatic heterocycles. The summed E-state index contributed by atoms with van der Waals surface area (Å²) in [6.07, 6.45) is 3.70. The molecule has 1 amide bonds. The summed E-state index contributed by atoms with van der Waals surface area (Å²) >= 11 is 0. The van der Waals surface area contributed by atoms with E-state index < -0.39 is 0 Å². The van der Waals surface area contributed by atoms with Gasteiger partial charge < -0.3 is 15.0 Å². The molecule has 37 heavy (non-hydrogen) atoms. The van der Waals surface area contributed by atoms with Crippen molar-refractivity contribution in [2.24, 2.45) is 5.92 Å². The Morgan fingerprint density at radius 2 is 1.86 bits per heavy atom. The van der Waals surface area contributed by atoms with E-state index in [4.69, 9.17) is 9.84 Å². The minimum atomic E-state index is -0.0756. The first-order valence-electron chi connectivity index (χ1n) is 13.0. The van der Waals surface area contributed by atoms with Crippen LogP contribution in [-0.2, 0) is 11.2 Å². The molecule has 0 spiro atoms. The predicted molar refractivity (Wildman–Crippen MR) is 145 cm³/mol. The number of carbonyl (C=O) groups excluding carboxylic acids is 1. The summed E-state index contributed by atoms with van der Waals surface area (Å²) in [4.78, 5) is 15.2. The summed E-state index contributed by atoms with van der Waals surface area (Å²) in [6.45, 7) is 6.16. The SMILES string of the molecule is COc1ccc(-n2nc3c(N4CCCC(C(=O)NCCCc5ccccc5)C4)nnc(C)c3c2C)cc1. The summed E-state index contributed by atoms with van der Waals surface area (Å²) in [5, 5.41) is 18.2. The van der Waals surface area contributed by atoms with Gasteiger partial charge in [-0.15, -0.1) is 5.10 Å². The Morgan fingerprint density at radius 3 is 2.62 bits per heavy atom. The molecule has 1 unspecified atom stereocenters. The molecule has 1 N–H and O–H groups in total. The standard InChI is InChI=1S/C29H34N6O2/c1-20-26-21(2)35(24-13-15-25(37-3)16-14-24)33-27(26)28(32-31-20)34-18-8-12-23(19-34)29(36)30-17-7-11-22-9-5-4-6-10-22/h4-6,9-10,13-16,23H,7-8,11-12,17-19H2,1-3H3,(H,30,36). The number of rotatable bonds is 8. The van der Waals surface area contributed by atoms with Crippen molar-refractivity contribution in [3.63, 3.8) is 0 Å². The highest BCUT2D eigenvalue weighted by Crippen LogP contribution is 2.32. The zero-order chi connectivity index (χ0) is 25.8. The van der Waals surface area contributed by atoms with E-state index in [9.17, 15) is 4.79 Å². The Kier molecular flexibility index (Phi) is 7.35. The topological polar surface area (TPSA) is 85.2 Å². The lowest BCUT2D eigenvalue weighted by molar-refractivity contribution is -0.125. The highest BCUT2D eigenvalue weighted by Gasteiger charge is 2.29. The molecular weight excluding hydrogens is 464 g/mol. The summed E-state index contributed by atoms with van der Waals surface area (Å²) in [5.41, 5.74) is 4.93. The quantitative estimate of drug-likeness (QED) is 0.362. The maximum atomic E-state index is 13.0. The summed E-state index contributed by atoms with van der Waals surface area (Å²) in [7, 11) is 1.66. The molecule has 2 aromatic heterocycles. The highest BCUT2D eigenvalue weighted by atomic mass is 16.5. The van der Waals surface area contributed by atoms with Crippen LogP contribution in [0.2, 0.25) is 0 Å². The number of piperidine rings is 1. The highest BCUT2D eigenvalue weighted by molar-refractivity contribution is 5.92. The van der Waals surface area contributed by atoms with Gasteiger partial charge in [-0.05, 0) is 69.4 Å². The van der Waals surface area contributed by atoms with Crippen LogP contribution in [0.1, 0.15) is 36.2 Å². The van der Waals surface area contributed by atoms with Gasteiger partial charge in [-0.3, -0.25) is 4.79 Å². The van der Waals surface area contributed by atoms with Gasteiger partial charge in [0.1, 0.15) is 11.3 Å². The molecule has 0 bridgehead atoms. The minimum Gasteiger partial charge on any atom is -0.497 e. The van der Waals surface area contributed by atoms with Crippen molar-refractivity contribution in [2.75, 3.05) is 31.6 Å². The lowest BCUT2D eigenvalue weighted by atomic mass is 9.97. The number of anilines is 1. The number of aryl methyl sites for hydroxylation is 3. The monoisotopic (exact) mass is 498 g/mol. The third kappa shape index (κ3) is 5.28.